The highest BCUT2D eigenvalue weighted by molar-refractivity contribution is 5.91. The van der Waals surface area contributed by atoms with Gasteiger partial charge in [-0.2, -0.15) is 0 Å². The molecule has 1 heterocycles. The summed E-state index contributed by atoms with van der Waals surface area (Å²) < 4.78 is 5.25. The van der Waals surface area contributed by atoms with E-state index < -0.39 is 6.16 Å². The lowest BCUT2D eigenvalue weighted by Crippen LogP contribution is -2.51. The molecule has 0 amide bonds. The summed E-state index contributed by atoms with van der Waals surface area (Å²) in [6.07, 6.45) is 12.2. The molecule has 5 aliphatic rings. The maximum Gasteiger partial charge on any atom is 0.535 e. The fraction of sp³-hybridized carbons (Fsp3) is 0.815. The number of fused-ring (bicyclic) bond motifs is 5. The largest absolute Gasteiger partial charge is 0.535 e. The van der Waals surface area contributed by atoms with Crippen LogP contribution in [-0.2, 0) is 14.4 Å². The summed E-state index contributed by atoms with van der Waals surface area (Å²) in [7, 11) is 0. The van der Waals surface area contributed by atoms with Crippen molar-refractivity contribution in [3.8, 4) is 0 Å². The number of carbonyl (C=O) groups is 2. The third kappa shape index (κ3) is 4.06. The zero-order chi connectivity index (χ0) is 23.2. The van der Waals surface area contributed by atoms with Gasteiger partial charge in [0.15, 0.2) is 5.78 Å². The van der Waals surface area contributed by atoms with Crippen molar-refractivity contribution in [3.05, 3.63) is 11.6 Å². The zero-order valence-corrected chi connectivity index (χ0v) is 20.5. The average Bonchev–Trinajstić information content (AvgIpc) is 3.44. The maximum absolute atomic E-state index is 12.1. The van der Waals surface area contributed by atoms with E-state index in [1.165, 1.54) is 31.3 Å². The Labute approximate surface area is 197 Å². The number of nitrogens with one attached hydrogen (secondary N) is 1. The van der Waals surface area contributed by atoms with Gasteiger partial charge in [0.1, 0.15) is 6.61 Å². The second-order valence-corrected chi connectivity index (χ2v) is 11.8. The Morgan fingerprint density at radius 1 is 1.12 bits per heavy atom. The van der Waals surface area contributed by atoms with E-state index in [1.54, 1.807) is 0 Å². The van der Waals surface area contributed by atoms with E-state index in [0.717, 1.165) is 50.3 Å². The summed E-state index contributed by atoms with van der Waals surface area (Å²) in [6.45, 7) is 8.24. The van der Waals surface area contributed by atoms with Crippen LogP contribution >= 0.6 is 0 Å². The van der Waals surface area contributed by atoms with Crippen LogP contribution in [0.1, 0.15) is 85.0 Å². The smallest absolute Gasteiger partial charge is 0.431 e. The molecule has 182 valence electrons. The number of hydrogen-bond donors (Lipinski definition) is 1. The van der Waals surface area contributed by atoms with Crippen molar-refractivity contribution in [2.45, 2.75) is 91.0 Å². The minimum atomic E-state index is -0.696. The predicted molar refractivity (Wildman–Crippen MR) is 127 cm³/mol. The Hall–Kier alpha value is -1.69. The van der Waals surface area contributed by atoms with Crippen LogP contribution in [0.15, 0.2) is 16.8 Å². The first-order chi connectivity index (χ1) is 15.8. The lowest BCUT2D eigenvalue weighted by molar-refractivity contribution is -0.117. The normalized spacial score (nSPS) is 42.8. The summed E-state index contributed by atoms with van der Waals surface area (Å²) in [5, 5.41) is 7.57. The van der Waals surface area contributed by atoms with Crippen molar-refractivity contribution in [2.24, 2.45) is 39.7 Å². The average molecular weight is 457 g/mol. The van der Waals surface area contributed by atoms with E-state index in [1.807, 2.05) is 13.0 Å². The summed E-state index contributed by atoms with van der Waals surface area (Å²) in [4.78, 5) is 29.3. The van der Waals surface area contributed by atoms with Crippen LogP contribution in [0.4, 0.5) is 4.79 Å². The Morgan fingerprint density at radius 3 is 2.76 bits per heavy atom. The molecule has 1 saturated heterocycles. The number of ketones is 1. The minimum absolute atomic E-state index is 0.206. The zero-order valence-electron chi connectivity index (χ0n) is 20.5. The molecule has 4 fully saturated rings. The molecule has 3 saturated carbocycles. The first-order valence-corrected chi connectivity index (χ1v) is 13.2. The molecular formula is C27H40N2O4. The number of ether oxygens (including phenoxy) is 1. The summed E-state index contributed by atoms with van der Waals surface area (Å²) in [5.41, 5.74) is 2.77. The quantitative estimate of drug-likeness (QED) is 0.265. The standard InChI is InChI=1S/C27H40N2O4/c1-17(29-33-25(31)32-16-19-5-4-14-28-19)22-8-9-23-21-7-6-18-15-20(30)10-12-26(18,2)24(21)11-13-27(22,23)3/h15,19,21-24,28H,4-14,16H2,1-3H3/b29-17+/t19-,21-,22+,23?,24-,26-,27+/m0/s1. The van der Waals surface area contributed by atoms with Gasteiger partial charge in [-0.05, 0) is 106 Å². The number of rotatable bonds is 4. The van der Waals surface area contributed by atoms with Crippen molar-refractivity contribution in [3.63, 3.8) is 0 Å². The van der Waals surface area contributed by atoms with Gasteiger partial charge in [0.25, 0.3) is 0 Å². The molecule has 0 bridgehead atoms. The van der Waals surface area contributed by atoms with Crippen LogP contribution in [-0.4, -0.2) is 36.8 Å². The third-order valence-electron chi connectivity index (χ3n) is 10.3. The molecule has 6 nitrogen and oxygen atoms in total. The van der Waals surface area contributed by atoms with Crippen molar-refractivity contribution in [1.29, 1.82) is 0 Å². The van der Waals surface area contributed by atoms with Crippen molar-refractivity contribution < 1.29 is 19.2 Å². The van der Waals surface area contributed by atoms with Gasteiger partial charge in [0.2, 0.25) is 0 Å². The molecule has 0 aromatic heterocycles. The minimum Gasteiger partial charge on any atom is -0.431 e. The van der Waals surface area contributed by atoms with Crippen molar-refractivity contribution in [2.75, 3.05) is 13.2 Å². The highest BCUT2D eigenvalue weighted by atomic mass is 16.8. The maximum atomic E-state index is 12.1. The lowest BCUT2D eigenvalue weighted by Gasteiger charge is -2.58. The van der Waals surface area contributed by atoms with Crippen LogP contribution < -0.4 is 5.32 Å². The molecular weight excluding hydrogens is 416 g/mol. The lowest BCUT2D eigenvalue weighted by atomic mass is 9.46. The summed E-state index contributed by atoms with van der Waals surface area (Å²) in [6, 6.07) is 0.238. The Morgan fingerprint density at radius 2 is 1.97 bits per heavy atom. The van der Waals surface area contributed by atoms with Gasteiger partial charge < -0.3 is 10.1 Å². The van der Waals surface area contributed by atoms with Gasteiger partial charge >= 0.3 is 6.16 Å². The third-order valence-corrected chi connectivity index (χ3v) is 10.3. The molecule has 33 heavy (non-hydrogen) atoms. The van der Waals surface area contributed by atoms with E-state index in [-0.39, 0.29) is 16.9 Å². The van der Waals surface area contributed by atoms with Gasteiger partial charge in [-0.25, -0.2) is 4.79 Å². The van der Waals surface area contributed by atoms with E-state index in [2.05, 4.69) is 24.3 Å². The Balaban J connectivity index is 1.24. The fourth-order valence-electron chi connectivity index (χ4n) is 8.51. The first kappa shape index (κ1) is 23.1. The van der Waals surface area contributed by atoms with Gasteiger partial charge in [-0.15, -0.1) is 0 Å². The molecule has 0 radical (unpaired) electrons. The monoisotopic (exact) mass is 456 g/mol. The molecule has 4 aliphatic carbocycles. The van der Waals surface area contributed by atoms with E-state index >= 15 is 0 Å². The topological polar surface area (TPSA) is 77.0 Å². The molecule has 5 rings (SSSR count). The van der Waals surface area contributed by atoms with Gasteiger partial charge in [0, 0.05) is 18.4 Å². The number of nitrogens with zero attached hydrogens (tertiary/aromatic N) is 1. The van der Waals surface area contributed by atoms with Crippen LogP contribution in [0.25, 0.3) is 0 Å². The van der Waals surface area contributed by atoms with Gasteiger partial charge in [-0.3, -0.25) is 9.63 Å². The van der Waals surface area contributed by atoms with E-state index in [9.17, 15) is 9.59 Å². The number of hydrogen-bond acceptors (Lipinski definition) is 6. The molecule has 1 unspecified atom stereocenters. The molecule has 1 N–H and O–H groups in total. The Bertz CT molecular complexity index is 860. The summed E-state index contributed by atoms with van der Waals surface area (Å²) in [5.74, 6) is 2.78. The molecule has 0 spiro atoms. The van der Waals surface area contributed by atoms with Gasteiger partial charge in [0.05, 0.1) is 5.71 Å². The second kappa shape index (κ2) is 8.83. The molecule has 7 atom stereocenters. The van der Waals surface area contributed by atoms with Crippen LogP contribution in [0.5, 0.6) is 0 Å². The molecule has 0 aromatic rings. The number of oxime groups is 1. The van der Waals surface area contributed by atoms with E-state index in [4.69, 9.17) is 9.57 Å². The predicted octanol–water partition coefficient (Wildman–Crippen LogP) is 5.42. The van der Waals surface area contributed by atoms with Crippen molar-refractivity contribution >= 4 is 17.7 Å². The highest BCUT2D eigenvalue weighted by Crippen LogP contribution is 2.66. The SMILES string of the molecule is C/C(=N\OC(=O)OC[C@@H]1CCCN1)[C@H]1CCC2[C@@H]3CCC4=CC(=O)CC[C@]4(C)[C@H]3CC[C@@]21C. The number of carbonyl (C=O) groups excluding carboxylic acids is 2. The molecule has 6 heteroatoms. The van der Waals surface area contributed by atoms with Gasteiger partial charge in [-0.1, -0.05) is 24.6 Å². The van der Waals surface area contributed by atoms with Crippen LogP contribution in [0, 0.1) is 34.5 Å². The Kier molecular flexibility index (Phi) is 6.17. The van der Waals surface area contributed by atoms with E-state index in [0.29, 0.717) is 36.6 Å². The second-order valence-electron chi connectivity index (χ2n) is 11.8. The van der Waals surface area contributed by atoms with Crippen LogP contribution in [0.2, 0.25) is 0 Å². The van der Waals surface area contributed by atoms with Crippen molar-refractivity contribution in [1.82, 2.24) is 5.32 Å². The fourth-order valence-corrected chi connectivity index (χ4v) is 8.51. The molecule has 1 aliphatic heterocycles. The molecule has 0 aromatic carbocycles. The highest BCUT2D eigenvalue weighted by Gasteiger charge is 2.59. The first-order valence-electron chi connectivity index (χ1n) is 13.2. The number of allylic oxidation sites excluding steroid dienone is 1. The summed E-state index contributed by atoms with van der Waals surface area (Å²) >= 11 is 0. The van der Waals surface area contributed by atoms with Crippen LogP contribution in [0.3, 0.4) is 0 Å².